The molecule has 0 unspecified atom stereocenters. The van der Waals surface area contributed by atoms with Crippen molar-refractivity contribution in [3.63, 3.8) is 0 Å². The number of carbonyl (C=O) groups excluding carboxylic acids is 2. The molecule has 1 aliphatic heterocycles. The van der Waals surface area contributed by atoms with Crippen molar-refractivity contribution in [3.05, 3.63) is 11.3 Å². The van der Waals surface area contributed by atoms with E-state index in [4.69, 9.17) is 0 Å². The maximum Gasteiger partial charge on any atom is 0.168 e. The fourth-order valence-corrected chi connectivity index (χ4v) is 5.06. The lowest BCUT2D eigenvalue weighted by Gasteiger charge is -2.37. The van der Waals surface area contributed by atoms with Crippen LogP contribution in [0.5, 0.6) is 0 Å². The predicted molar refractivity (Wildman–Crippen MR) is 102 cm³/mol. The minimum absolute atomic E-state index is 0.0810. The van der Waals surface area contributed by atoms with E-state index in [0.717, 1.165) is 43.8 Å². The van der Waals surface area contributed by atoms with E-state index in [9.17, 15) is 9.59 Å². The molecule has 3 nitrogen and oxygen atoms in total. The van der Waals surface area contributed by atoms with Gasteiger partial charge in [-0.05, 0) is 50.2 Å². The van der Waals surface area contributed by atoms with E-state index in [2.05, 4.69) is 18.7 Å². The lowest BCUT2D eigenvalue weighted by atomic mass is 9.80. The Bertz CT molecular complexity index is 480. The van der Waals surface area contributed by atoms with Gasteiger partial charge in [0, 0.05) is 36.9 Å². The highest BCUT2D eigenvalue weighted by Gasteiger charge is 2.34. The molecule has 0 spiro atoms. The second-order valence-electron chi connectivity index (χ2n) is 7.24. The molecule has 2 atom stereocenters. The molecule has 1 saturated heterocycles. The third-order valence-electron chi connectivity index (χ3n) is 5.13. The van der Waals surface area contributed by atoms with Gasteiger partial charge in [0.25, 0.3) is 0 Å². The zero-order valence-corrected chi connectivity index (χ0v) is 16.4. The van der Waals surface area contributed by atoms with Gasteiger partial charge in [-0.25, -0.2) is 0 Å². The second-order valence-corrected chi connectivity index (χ2v) is 8.96. The average molecular weight is 352 g/mol. The van der Waals surface area contributed by atoms with Crippen LogP contribution in [0.25, 0.3) is 0 Å². The minimum Gasteiger partial charge on any atom is -0.374 e. The third-order valence-corrected chi connectivity index (χ3v) is 6.23. The molecular formula is C20H33NO2S. The van der Waals surface area contributed by atoms with Crippen LogP contribution < -0.4 is 0 Å². The normalized spacial score (nSPS) is 23.5. The van der Waals surface area contributed by atoms with Crippen LogP contribution in [0.2, 0.25) is 0 Å². The molecule has 2 rings (SSSR count). The smallest absolute Gasteiger partial charge is 0.168 e. The highest BCUT2D eigenvalue weighted by atomic mass is 32.2. The standard InChI is InChI=1S/C20H33NO2S/c1-4-9-18(22)20-17(21-10-7-6-8-11-21)13-16(14-19(20)23)12-15(3)24-5-2/h15-16H,4-14H2,1-3H3/t15-,16+/m1/s1. The molecule has 0 aromatic heterocycles. The number of allylic oxidation sites excluding steroid dienone is 2. The monoisotopic (exact) mass is 351 g/mol. The lowest BCUT2D eigenvalue weighted by Crippen LogP contribution is -2.37. The Labute approximate surface area is 151 Å². The van der Waals surface area contributed by atoms with Crippen molar-refractivity contribution in [1.29, 1.82) is 0 Å². The number of ketones is 2. The minimum atomic E-state index is 0.0810. The number of piperidine rings is 1. The van der Waals surface area contributed by atoms with Crippen LogP contribution in [0.1, 0.15) is 72.1 Å². The van der Waals surface area contributed by atoms with Gasteiger partial charge < -0.3 is 4.90 Å². The fourth-order valence-electron chi connectivity index (χ4n) is 4.08. The van der Waals surface area contributed by atoms with Crippen LogP contribution in [0.4, 0.5) is 0 Å². The number of likely N-dealkylation sites (tertiary alicyclic amines) is 1. The quantitative estimate of drug-likeness (QED) is 0.599. The molecule has 0 saturated carbocycles. The van der Waals surface area contributed by atoms with Crippen molar-refractivity contribution < 1.29 is 9.59 Å². The van der Waals surface area contributed by atoms with Crippen LogP contribution in [-0.2, 0) is 9.59 Å². The van der Waals surface area contributed by atoms with Crippen LogP contribution in [-0.4, -0.2) is 40.6 Å². The number of thioether (sulfide) groups is 1. The predicted octanol–water partition coefficient (Wildman–Crippen LogP) is 4.61. The van der Waals surface area contributed by atoms with E-state index >= 15 is 0 Å². The molecule has 0 aromatic rings. The summed E-state index contributed by atoms with van der Waals surface area (Å²) in [5.41, 5.74) is 1.65. The third kappa shape index (κ3) is 5.11. The summed E-state index contributed by atoms with van der Waals surface area (Å²) in [6.45, 7) is 8.49. The highest BCUT2D eigenvalue weighted by Crippen LogP contribution is 2.36. The maximum absolute atomic E-state index is 12.8. The molecule has 0 N–H and O–H groups in total. The van der Waals surface area contributed by atoms with Crippen molar-refractivity contribution in [2.24, 2.45) is 5.92 Å². The van der Waals surface area contributed by atoms with Gasteiger partial charge in [-0.15, -0.1) is 0 Å². The molecule has 0 radical (unpaired) electrons. The van der Waals surface area contributed by atoms with E-state index in [0.29, 0.717) is 29.6 Å². The topological polar surface area (TPSA) is 37.4 Å². The lowest BCUT2D eigenvalue weighted by molar-refractivity contribution is -0.122. The molecule has 4 heteroatoms. The first-order valence-corrected chi connectivity index (χ1v) is 10.8. The van der Waals surface area contributed by atoms with E-state index in [1.807, 2.05) is 18.7 Å². The Morgan fingerprint density at radius 1 is 1.21 bits per heavy atom. The molecule has 1 heterocycles. The van der Waals surface area contributed by atoms with Crippen LogP contribution >= 0.6 is 11.8 Å². The van der Waals surface area contributed by atoms with Gasteiger partial charge in [-0.2, -0.15) is 11.8 Å². The summed E-state index contributed by atoms with van der Waals surface area (Å²) in [6.07, 6.45) is 7.52. The summed E-state index contributed by atoms with van der Waals surface area (Å²) >= 11 is 1.97. The molecule has 0 bridgehead atoms. The van der Waals surface area contributed by atoms with E-state index in [1.54, 1.807) is 0 Å². The van der Waals surface area contributed by atoms with Crippen molar-refractivity contribution >= 4 is 23.3 Å². The molecular weight excluding hydrogens is 318 g/mol. The van der Waals surface area contributed by atoms with Crippen LogP contribution in [0, 0.1) is 5.92 Å². The van der Waals surface area contributed by atoms with Crippen LogP contribution in [0.3, 0.4) is 0 Å². The Kier molecular flexibility index (Phi) is 7.86. The Morgan fingerprint density at radius 3 is 2.54 bits per heavy atom. The van der Waals surface area contributed by atoms with Gasteiger partial charge in [0.15, 0.2) is 11.6 Å². The van der Waals surface area contributed by atoms with Gasteiger partial charge in [-0.3, -0.25) is 9.59 Å². The Hall–Kier alpha value is -0.770. The number of hydrogen-bond donors (Lipinski definition) is 0. The molecule has 1 aliphatic carbocycles. The summed E-state index contributed by atoms with van der Waals surface area (Å²) in [5, 5.41) is 0.586. The van der Waals surface area contributed by atoms with Gasteiger partial charge >= 0.3 is 0 Å². The van der Waals surface area contributed by atoms with Crippen LogP contribution in [0.15, 0.2) is 11.3 Å². The van der Waals surface area contributed by atoms with Gasteiger partial charge in [0.2, 0.25) is 0 Å². The van der Waals surface area contributed by atoms with Crippen molar-refractivity contribution in [2.45, 2.75) is 77.4 Å². The summed E-state index contributed by atoms with van der Waals surface area (Å²) in [6, 6.07) is 0. The molecule has 136 valence electrons. The van der Waals surface area contributed by atoms with E-state index in [-0.39, 0.29) is 11.6 Å². The Morgan fingerprint density at radius 2 is 1.92 bits per heavy atom. The largest absolute Gasteiger partial charge is 0.374 e. The average Bonchev–Trinajstić information content (AvgIpc) is 2.55. The molecule has 0 amide bonds. The molecule has 1 fully saturated rings. The number of nitrogens with zero attached hydrogens (tertiary/aromatic N) is 1. The Balaban J connectivity index is 2.21. The zero-order chi connectivity index (χ0) is 17.5. The summed E-state index contributed by atoms with van der Waals surface area (Å²) in [7, 11) is 0. The number of carbonyl (C=O) groups is 2. The van der Waals surface area contributed by atoms with Gasteiger partial charge in [-0.1, -0.05) is 20.8 Å². The fraction of sp³-hybridized carbons (Fsp3) is 0.800. The zero-order valence-electron chi connectivity index (χ0n) is 15.6. The first-order valence-electron chi connectivity index (χ1n) is 9.72. The van der Waals surface area contributed by atoms with Crippen molar-refractivity contribution in [3.8, 4) is 0 Å². The second kappa shape index (κ2) is 9.65. The van der Waals surface area contributed by atoms with Gasteiger partial charge in [0.1, 0.15) is 0 Å². The number of Topliss-reactive ketones (excluding diaryl/α,β-unsaturated/α-hetero) is 2. The summed E-state index contributed by atoms with van der Waals surface area (Å²) < 4.78 is 0. The van der Waals surface area contributed by atoms with E-state index in [1.165, 1.54) is 19.3 Å². The first kappa shape index (κ1) is 19.6. The molecule has 24 heavy (non-hydrogen) atoms. The first-order chi connectivity index (χ1) is 11.6. The molecule has 2 aliphatic rings. The van der Waals surface area contributed by atoms with Gasteiger partial charge in [0.05, 0.1) is 5.57 Å². The number of rotatable bonds is 8. The summed E-state index contributed by atoms with van der Waals surface area (Å²) in [4.78, 5) is 27.7. The molecule has 0 aromatic carbocycles. The van der Waals surface area contributed by atoms with Crippen molar-refractivity contribution in [2.75, 3.05) is 18.8 Å². The van der Waals surface area contributed by atoms with E-state index < -0.39 is 0 Å². The summed E-state index contributed by atoms with van der Waals surface area (Å²) in [5.74, 6) is 1.72. The highest BCUT2D eigenvalue weighted by molar-refractivity contribution is 7.99. The maximum atomic E-state index is 12.8. The SMILES string of the molecule is CCCC(=O)C1=C(N2CCCCC2)C[C@H](C[C@@H](C)SCC)CC1=O. The number of hydrogen-bond acceptors (Lipinski definition) is 4. The van der Waals surface area contributed by atoms with Crippen molar-refractivity contribution in [1.82, 2.24) is 4.90 Å².